The highest BCUT2D eigenvalue weighted by Crippen LogP contribution is 2.27. The fourth-order valence-electron chi connectivity index (χ4n) is 2.44. The van der Waals surface area contributed by atoms with E-state index in [1.54, 1.807) is 0 Å². The monoisotopic (exact) mass is 262 g/mol. The first-order valence-electron chi connectivity index (χ1n) is 6.66. The van der Waals surface area contributed by atoms with Crippen LogP contribution < -0.4 is 4.74 Å². The van der Waals surface area contributed by atoms with E-state index in [2.05, 4.69) is 11.8 Å². The van der Waals surface area contributed by atoms with Gasteiger partial charge in [-0.1, -0.05) is 43.6 Å². The summed E-state index contributed by atoms with van der Waals surface area (Å²) in [5.41, 5.74) is 0.967. The molecule has 1 nitrogen and oxygen atoms in total. The fraction of sp³-hybridized carbons (Fsp3) is 0.500. The number of rotatable bonds is 4. The van der Waals surface area contributed by atoms with Gasteiger partial charge in [0.2, 0.25) is 0 Å². The van der Waals surface area contributed by atoms with E-state index in [9.17, 15) is 0 Å². The van der Waals surface area contributed by atoms with Crippen molar-refractivity contribution in [1.29, 1.82) is 0 Å². The summed E-state index contributed by atoms with van der Waals surface area (Å²) in [7, 11) is 0. The molecule has 1 aliphatic carbocycles. The van der Waals surface area contributed by atoms with E-state index in [-0.39, 0.29) is 0 Å². The molecule has 0 unspecified atom stereocenters. The lowest BCUT2D eigenvalue weighted by Gasteiger charge is -2.10. The molecule has 0 spiro atoms. The Hall–Kier alpha value is -1.13. The molecular formula is C16H19ClO. The van der Waals surface area contributed by atoms with Crippen LogP contribution in [0, 0.1) is 17.8 Å². The summed E-state index contributed by atoms with van der Waals surface area (Å²) in [5, 5.41) is 0. The van der Waals surface area contributed by atoms with E-state index in [0.29, 0.717) is 5.88 Å². The zero-order valence-electron chi connectivity index (χ0n) is 10.6. The second kappa shape index (κ2) is 7.34. The van der Waals surface area contributed by atoms with Crippen LogP contribution in [0.15, 0.2) is 24.3 Å². The predicted octanol–water partition coefficient (Wildman–Crippen LogP) is 4.24. The van der Waals surface area contributed by atoms with Crippen LogP contribution in [0.4, 0.5) is 0 Å². The topological polar surface area (TPSA) is 9.23 Å². The molecule has 0 aliphatic heterocycles. The van der Waals surface area contributed by atoms with Crippen molar-refractivity contribution >= 4 is 11.6 Å². The predicted molar refractivity (Wildman–Crippen MR) is 76.1 cm³/mol. The summed E-state index contributed by atoms with van der Waals surface area (Å²) < 4.78 is 5.79. The lowest BCUT2D eigenvalue weighted by molar-refractivity contribution is 0.279. The van der Waals surface area contributed by atoms with Crippen molar-refractivity contribution in [1.82, 2.24) is 0 Å². The van der Waals surface area contributed by atoms with Crippen molar-refractivity contribution in [3.05, 3.63) is 29.8 Å². The van der Waals surface area contributed by atoms with Gasteiger partial charge in [-0.05, 0) is 30.5 Å². The van der Waals surface area contributed by atoms with E-state index >= 15 is 0 Å². The lowest BCUT2D eigenvalue weighted by atomic mass is 10.1. The Balaban J connectivity index is 1.81. The van der Waals surface area contributed by atoms with Gasteiger partial charge < -0.3 is 4.74 Å². The maximum Gasteiger partial charge on any atom is 0.120 e. The molecule has 0 atom stereocenters. The van der Waals surface area contributed by atoms with Crippen molar-refractivity contribution < 1.29 is 4.74 Å². The van der Waals surface area contributed by atoms with Gasteiger partial charge in [-0.3, -0.25) is 0 Å². The van der Waals surface area contributed by atoms with Gasteiger partial charge in [0.25, 0.3) is 0 Å². The van der Waals surface area contributed by atoms with Crippen LogP contribution in [0.2, 0.25) is 0 Å². The highest BCUT2D eigenvalue weighted by Gasteiger charge is 2.14. The van der Waals surface area contributed by atoms with Crippen LogP contribution in [0.5, 0.6) is 5.75 Å². The summed E-state index contributed by atoms with van der Waals surface area (Å²) in [6, 6.07) is 7.92. The Morgan fingerprint density at radius 2 is 2.11 bits per heavy atom. The van der Waals surface area contributed by atoms with Gasteiger partial charge in [-0.15, -0.1) is 11.6 Å². The third-order valence-electron chi connectivity index (χ3n) is 3.40. The highest BCUT2D eigenvalue weighted by molar-refractivity contribution is 6.19. The summed E-state index contributed by atoms with van der Waals surface area (Å²) in [4.78, 5) is 0. The van der Waals surface area contributed by atoms with Crippen molar-refractivity contribution in [2.75, 3.05) is 12.5 Å². The molecule has 1 saturated carbocycles. The fourth-order valence-corrected chi connectivity index (χ4v) is 2.51. The zero-order valence-corrected chi connectivity index (χ0v) is 11.4. The molecule has 2 rings (SSSR count). The lowest BCUT2D eigenvalue weighted by Crippen LogP contribution is -2.03. The van der Waals surface area contributed by atoms with Gasteiger partial charge in [-0.25, -0.2) is 0 Å². The number of benzene rings is 1. The number of halogens is 1. The van der Waals surface area contributed by atoms with E-state index in [1.807, 2.05) is 24.3 Å². The van der Waals surface area contributed by atoms with E-state index in [4.69, 9.17) is 16.3 Å². The Kier molecular flexibility index (Phi) is 5.42. The average molecular weight is 263 g/mol. The largest absolute Gasteiger partial charge is 0.494 e. The molecule has 0 bridgehead atoms. The minimum Gasteiger partial charge on any atom is -0.494 e. The molecule has 96 valence electrons. The third kappa shape index (κ3) is 4.27. The van der Waals surface area contributed by atoms with Crippen molar-refractivity contribution in [3.8, 4) is 17.6 Å². The minimum atomic E-state index is 0.368. The van der Waals surface area contributed by atoms with Crippen LogP contribution in [0.1, 0.15) is 37.7 Å². The summed E-state index contributed by atoms with van der Waals surface area (Å²) in [6.07, 6.45) is 6.73. The van der Waals surface area contributed by atoms with E-state index < -0.39 is 0 Å². The Morgan fingerprint density at radius 1 is 1.28 bits per heavy atom. The highest BCUT2D eigenvalue weighted by atomic mass is 35.5. The first-order valence-corrected chi connectivity index (χ1v) is 7.19. The molecule has 2 heteroatoms. The molecule has 1 aromatic rings. The van der Waals surface area contributed by atoms with Gasteiger partial charge in [0.15, 0.2) is 0 Å². The maximum atomic E-state index is 5.79. The van der Waals surface area contributed by atoms with E-state index in [0.717, 1.165) is 23.8 Å². The quantitative estimate of drug-likeness (QED) is 0.583. The summed E-state index contributed by atoms with van der Waals surface area (Å²) in [5.74, 6) is 8.01. The van der Waals surface area contributed by atoms with Gasteiger partial charge in [0.1, 0.15) is 5.75 Å². The molecule has 0 heterocycles. The smallest absolute Gasteiger partial charge is 0.120 e. The van der Waals surface area contributed by atoms with Crippen LogP contribution in [-0.2, 0) is 0 Å². The zero-order chi connectivity index (χ0) is 12.6. The number of hydrogen-bond acceptors (Lipinski definition) is 1. The molecule has 0 aromatic heterocycles. The second-order valence-corrected chi connectivity index (χ2v) is 5.02. The van der Waals surface area contributed by atoms with Gasteiger partial charge in [-0.2, -0.15) is 0 Å². The van der Waals surface area contributed by atoms with Crippen LogP contribution >= 0.6 is 11.6 Å². The first-order chi connectivity index (χ1) is 8.88. The minimum absolute atomic E-state index is 0.368. The SMILES string of the molecule is ClCC#Cc1cccc(OCCC2CCCC2)c1. The van der Waals surface area contributed by atoms with Crippen LogP contribution in [0.3, 0.4) is 0 Å². The second-order valence-electron chi connectivity index (χ2n) is 4.75. The van der Waals surface area contributed by atoms with Gasteiger partial charge in [0, 0.05) is 5.56 Å². The molecule has 0 radical (unpaired) electrons. The van der Waals surface area contributed by atoms with Gasteiger partial charge in [0.05, 0.1) is 12.5 Å². The first kappa shape index (κ1) is 13.3. The number of alkyl halides is 1. The van der Waals surface area contributed by atoms with Crippen molar-refractivity contribution in [3.63, 3.8) is 0 Å². The van der Waals surface area contributed by atoms with Crippen LogP contribution in [-0.4, -0.2) is 12.5 Å². The molecule has 0 amide bonds. The van der Waals surface area contributed by atoms with E-state index in [1.165, 1.54) is 32.1 Å². The Morgan fingerprint density at radius 3 is 2.89 bits per heavy atom. The van der Waals surface area contributed by atoms with Crippen molar-refractivity contribution in [2.24, 2.45) is 5.92 Å². The normalized spacial score (nSPS) is 15.2. The molecule has 1 fully saturated rings. The molecule has 1 aliphatic rings. The van der Waals surface area contributed by atoms with Crippen molar-refractivity contribution in [2.45, 2.75) is 32.1 Å². The van der Waals surface area contributed by atoms with Gasteiger partial charge >= 0.3 is 0 Å². The molecule has 0 saturated heterocycles. The standard InChI is InChI=1S/C16H19ClO/c17-11-4-8-15-7-3-9-16(13-15)18-12-10-14-5-1-2-6-14/h3,7,9,13-14H,1-2,5-6,10-12H2. The molecule has 1 aromatic carbocycles. The average Bonchev–Trinajstić information content (AvgIpc) is 2.90. The summed E-state index contributed by atoms with van der Waals surface area (Å²) in [6.45, 7) is 0.817. The molecule has 18 heavy (non-hydrogen) atoms. The maximum absolute atomic E-state index is 5.79. The number of hydrogen-bond donors (Lipinski definition) is 0. The third-order valence-corrected chi connectivity index (χ3v) is 3.54. The Labute approximate surface area is 114 Å². The summed E-state index contributed by atoms with van der Waals surface area (Å²) >= 11 is 5.54. The molecular weight excluding hydrogens is 244 g/mol. The molecule has 0 N–H and O–H groups in total. The Bertz CT molecular complexity index is 424. The number of ether oxygens (including phenoxy) is 1. The van der Waals surface area contributed by atoms with Crippen LogP contribution in [0.25, 0.3) is 0 Å².